The lowest BCUT2D eigenvalue weighted by atomic mass is 10.3. The molecule has 6 heteroatoms. The van der Waals surface area contributed by atoms with Gasteiger partial charge in [-0.15, -0.1) is 0 Å². The molecule has 0 bridgehead atoms. The van der Waals surface area contributed by atoms with Crippen molar-refractivity contribution in [2.45, 2.75) is 24.8 Å². The number of sulfonamides is 1. The molecular weight excluding hydrogens is 252 g/mol. The van der Waals surface area contributed by atoms with E-state index in [1.54, 1.807) is 24.3 Å². The Hall–Kier alpha value is -1.11. The highest BCUT2D eigenvalue weighted by Crippen LogP contribution is 2.21. The molecule has 0 spiro atoms. The minimum Gasteiger partial charge on any atom is -0.380 e. The summed E-state index contributed by atoms with van der Waals surface area (Å²) in [6, 6.07) is 6.85. The van der Waals surface area contributed by atoms with E-state index in [2.05, 4.69) is 10.0 Å². The van der Waals surface area contributed by atoms with Crippen molar-refractivity contribution in [3.05, 3.63) is 24.3 Å². The van der Waals surface area contributed by atoms with E-state index in [9.17, 15) is 8.42 Å². The van der Waals surface area contributed by atoms with Crippen LogP contribution in [0.1, 0.15) is 13.8 Å². The van der Waals surface area contributed by atoms with Gasteiger partial charge in [-0.2, -0.15) is 0 Å². The van der Waals surface area contributed by atoms with Crippen LogP contribution in [0.2, 0.25) is 0 Å². The summed E-state index contributed by atoms with van der Waals surface area (Å²) in [5.41, 5.74) is 0.582. The molecule has 0 saturated heterocycles. The van der Waals surface area contributed by atoms with Crippen molar-refractivity contribution in [3.8, 4) is 0 Å². The molecular formula is C12H20N2O3S. The van der Waals surface area contributed by atoms with E-state index in [4.69, 9.17) is 4.74 Å². The first-order valence-electron chi connectivity index (χ1n) is 5.88. The number of benzene rings is 1. The minimum atomic E-state index is -3.45. The summed E-state index contributed by atoms with van der Waals surface area (Å²) in [4.78, 5) is 0.246. The highest BCUT2D eigenvalue weighted by Gasteiger charge is 2.16. The van der Waals surface area contributed by atoms with Crippen molar-refractivity contribution in [2.75, 3.05) is 25.6 Å². The Morgan fingerprint density at radius 2 is 2.00 bits per heavy atom. The van der Waals surface area contributed by atoms with E-state index in [0.29, 0.717) is 18.9 Å². The van der Waals surface area contributed by atoms with Crippen LogP contribution in [0.5, 0.6) is 0 Å². The summed E-state index contributed by atoms with van der Waals surface area (Å²) in [6.07, 6.45) is 0. The van der Waals surface area contributed by atoms with Crippen molar-refractivity contribution in [2.24, 2.45) is 0 Å². The molecule has 1 rings (SSSR count). The van der Waals surface area contributed by atoms with Gasteiger partial charge in [0.1, 0.15) is 4.90 Å². The molecule has 1 aromatic rings. The molecule has 0 radical (unpaired) electrons. The second-order valence-corrected chi connectivity index (χ2v) is 5.76. The van der Waals surface area contributed by atoms with E-state index in [-0.39, 0.29) is 10.9 Å². The van der Waals surface area contributed by atoms with Crippen molar-refractivity contribution in [3.63, 3.8) is 0 Å². The van der Waals surface area contributed by atoms with Gasteiger partial charge in [0.05, 0.1) is 12.3 Å². The zero-order valence-corrected chi connectivity index (χ0v) is 11.8. The van der Waals surface area contributed by atoms with Crippen molar-refractivity contribution in [1.82, 2.24) is 4.72 Å². The molecule has 102 valence electrons. The number of hydrogen-bond donors (Lipinski definition) is 2. The predicted molar refractivity (Wildman–Crippen MR) is 72.3 cm³/mol. The number of para-hydroxylation sites is 1. The van der Waals surface area contributed by atoms with Gasteiger partial charge < -0.3 is 10.1 Å². The number of rotatable bonds is 7. The zero-order chi connectivity index (χ0) is 13.6. The lowest BCUT2D eigenvalue weighted by Crippen LogP contribution is -2.25. The first-order valence-corrected chi connectivity index (χ1v) is 7.36. The normalized spacial score (nSPS) is 13.3. The fourth-order valence-corrected chi connectivity index (χ4v) is 2.43. The van der Waals surface area contributed by atoms with Gasteiger partial charge in [-0.3, -0.25) is 0 Å². The van der Waals surface area contributed by atoms with E-state index >= 15 is 0 Å². The Kier molecular flexibility index (Phi) is 5.58. The third kappa shape index (κ3) is 3.97. The molecule has 0 aliphatic heterocycles. The lowest BCUT2D eigenvalue weighted by molar-refractivity contribution is 0.141. The summed E-state index contributed by atoms with van der Waals surface area (Å²) in [7, 11) is -2.05. The van der Waals surface area contributed by atoms with Gasteiger partial charge in [0.25, 0.3) is 0 Å². The van der Waals surface area contributed by atoms with E-state index < -0.39 is 10.0 Å². The Balaban J connectivity index is 2.90. The molecule has 0 heterocycles. The molecule has 1 unspecified atom stereocenters. The zero-order valence-electron chi connectivity index (χ0n) is 10.9. The predicted octanol–water partition coefficient (Wildman–Crippen LogP) is 1.43. The summed E-state index contributed by atoms with van der Waals surface area (Å²) >= 11 is 0. The van der Waals surface area contributed by atoms with Gasteiger partial charge in [-0.1, -0.05) is 12.1 Å². The van der Waals surface area contributed by atoms with Crippen LogP contribution in [0, 0.1) is 0 Å². The third-order valence-corrected chi connectivity index (χ3v) is 3.89. The Bertz CT molecular complexity index is 474. The molecule has 0 aliphatic carbocycles. The highest BCUT2D eigenvalue weighted by molar-refractivity contribution is 7.89. The number of anilines is 1. The van der Waals surface area contributed by atoms with E-state index in [0.717, 1.165) is 0 Å². The van der Waals surface area contributed by atoms with Crippen LogP contribution in [-0.4, -0.2) is 34.7 Å². The first kappa shape index (κ1) is 14.9. The fourth-order valence-electron chi connectivity index (χ4n) is 1.53. The maximum atomic E-state index is 11.8. The van der Waals surface area contributed by atoms with Gasteiger partial charge in [0, 0.05) is 12.6 Å². The second kappa shape index (κ2) is 6.72. The minimum absolute atomic E-state index is 0.0400. The van der Waals surface area contributed by atoms with E-state index in [1.807, 2.05) is 13.8 Å². The molecule has 0 fully saturated rings. The maximum absolute atomic E-state index is 11.8. The average Bonchev–Trinajstić information content (AvgIpc) is 2.37. The van der Waals surface area contributed by atoms with Crippen LogP contribution in [0.25, 0.3) is 0 Å². The topological polar surface area (TPSA) is 67.4 Å². The van der Waals surface area contributed by atoms with Crippen LogP contribution in [0.4, 0.5) is 5.69 Å². The fraction of sp³-hybridized carbons (Fsp3) is 0.500. The number of hydrogen-bond acceptors (Lipinski definition) is 4. The summed E-state index contributed by atoms with van der Waals surface area (Å²) in [6.45, 7) is 5.04. The standard InChI is InChI=1S/C12H20N2O3S/c1-4-17-9-10(2)14-11-7-5-6-8-12(11)18(15,16)13-3/h5-8,10,13-14H,4,9H2,1-3H3. The van der Waals surface area contributed by atoms with Crippen LogP contribution >= 0.6 is 0 Å². The molecule has 2 N–H and O–H groups in total. The van der Waals surface area contributed by atoms with E-state index in [1.165, 1.54) is 7.05 Å². The highest BCUT2D eigenvalue weighted by atomic mass is 32.2. The molecule has 5 nitrogen and oxygen atoms in total. The van der Waals surface area contributed by atoms with Crippen molar-refractivity contribution < 1.29 is 13.2 Å². The molecule has 18 heavy (non-hydrogen) atoms. The van der Waals surface area contributed by atoms with Gasteiger partial charge in [0.15, 0.2) is 0 Å². The second-order valence-electron chi connectivity index (χ2n) is 3.91. The number of nitrogens with one attached hydrogen (secondary N) is 2. The monoisotopic (exact) mass is 272 g/mol. The summed E-state index contributed by atoms with van der Waals surface area (Å²) in [5.74, 6) is 0. The SMILES string of the molecule is CCOCC(C)Nc1ccccc1S(=O)(=O)NC. The van der Waals surface area contributed by atoms with Crippen LogP contribution in [0.3, 0.4) is 0 Å². The third-order valence-electron chi connectivity index (χ3n) is 2.42. The quantitative estimate of drug-likeness (QED) is 0.788. The Morgan fingerprint density at radius 1 is 1.33 bits per heavy atom. The molecule has 0 amide bonds. The average molecular weight is 272 g/mol. The molecule has 1 atom stereocenters. The maximum Gasteiger partial charge on any atom is 0.242 e. The molecule has 0 aromatic heterocycles. The van der Waals surface area contributed by atoms with Gasteiger partial charge in [-0.05, 0) is 33.0 Å². The smallest absolute Gasteiger partial charge is 0.242 e. The van der Waals surface area contributed by atoms with Crippen LogP contribution < -0.4 is 10.0 Å². The Morgan fingerprint density at radius 3 is 2.61 bits per heavy atom. The molecule has 0 aliphatic rings. The molecule has 1 aromatic carbocycles. The number of ether oxygens (including phenoxy) is 1. The Labute approximate surface area is 109 Å². The summed E-state index contributed by atoms with van der Waals surface area (Å²) in [5, 5.41) is 3.14. The first-order chi connectivity index (χ1) is 8.51. The largest absolute Gasteiger partial charge is 0.380 e. The van der Waals surface area contributed by atoms with Crippen LogP contribution in [0.15, 0.2) is 29.2 Å². The summed E-state index contributed by atoms with van der Waals surface area (Å²) < 4.78 is 31.3. The molecule has 0 saturated carbocycles. The van der Waals surface area contributed by atoms with Crippen molar-refractivity contribution in [1.29, 1.82) is 0 Å². The van der Waals surface area contributed by atoms with Gasteiger partial charge in [0.2, 0.25) is 10.0 Å². The van der Waals surface area contributed by atoms with Gasteiger partial charge >= 0.3 is 0 Å². The van der Waals surface area contributed by atoms with Crippen molar-refractivity contribution >= 4 is 15.7 Å². The lowest BCUT2D eigenvalue weighted by Gasteiger charge is -2.17. The van der Waals surface area contributed by atoms with Crippen LogP contribution in [-0.2, 0) is 14.8 Å². The van der Waals surface area contributed by atoms with Gasteiger partial charge in [-0.25, -0.2) is 13.1 Å².